The molecule has 4 aromatic rings. The Labute approximate surface area is 206 Å². The van der Waals surface area contributed by atoms with Gasteiger partial charge in [-0.2, -0.15) is 0 Å². The van der Waals surface area contributed by atoms with Crippen LogP contribution >= 0.6 is 11.3 Å². The third-order valence-electron chi connectivity index (χ3n) is 5.79. The molecule has 1 atom stereocenters. The van der Waals surface area contributed by atoms with Crippen LogP contribution in [0.2, 0.25) is 0 Å². The average Bonchev–Trinajstić information content (AvgIpc) is 3.44. The molecule has 0 bridgehead atoms. The van der Waals surface area contributed by atoms with Gasteiger partial charge in [0.15, 0.2) is 16.9 Å². The van der Waals surface area contributed by atoms with E-state index >= 15 is 0 Å². The van der Waals surface area contributed by atoms with Gasteiger partial charge in [-0.25, -0.2) is 0 Å². The molecule has 2 aromatic carbocycles. The molecule has 1 aliphatic heterocycles. The van der Waals surface area contributed by atoms with Crippen molar-refractivity contribution in [1.82, 2.24) is 10.2 Å². The van der Waals surface area contributed by atoms with E-state index in [1.54, 1.807) is 30.3 Å². The van der Waals surface area contributed by atoms with E-state index in [-0.39, 0.29) is 22.7 Å². The van der Waals surface area contributed by atoms with Crippen LogP contribution in [-0.2, 0) is 0 Å². The van der Waals surface area contributed by atoms with Crippen molar-refractivity contribution in [3.63, 3.8) is 0 Å². The molecule has 0 aliphatic carbocycles. The number of anilines is 1. The summed E-state index contributed by atoms with van der Waals surface area (Å²) in [5.74, 6) is 0.880. The Morgan fingerprint density at radius 3 is 2.49 bits per heavy atom. The number of carbonyl (C=O) groups excluding carboxylic acids is 1. The third kappa shape index (κ3) is 3.85. The molecular weight excluding hydrogens is 466 g/mol. The highest BCUT2D eigenvalue weighted by Gasteiger charge is 2.45. The minimum atomic E-state index is -0.749. The van der Waals surface area contributed by atoms with E-state index in [1.807, 2.05) is 39.8 Å². The van der Waals surface area contributed by atoms with Crippen LogP contribution in [-0.4, -0.2) is 29.3 Å². The summed E-state index contributed by atoms with van der Waals surface area (Å²) in [4.78, 5) is 28.9. The highest BCUT2D eigenvalue weighted by atomic mass is 32.1. The maximum atomic E-state index is 13.7. The predicted molar refractivity (Wildman–Crippen MR) is 134 cm³/mol. The highest BCUT2D eigenvalue weighted by molar-refractivity contribution is 7.15. The van der Waals surface area contributed by atoms with Crippen LogP contribution in [0.15, 0.2) is 51.7 Å². The first kappa shape index (κ1) is 23.0. The molecule has 0 fully saturated rings. The van der Waals surface area contributed by atoms with E-state index in [1.165, 1.54) is 16.2 Å². The number of ether oxygens (including phenoxy) is 2. The van der Waals surface area contributed by atoms with E-state index in [0.29, 0.717) is 46.4 Å². The van der Waals surface area contributed by atoms with Crippen LogP contribution in [0.5, 0.6) is 11.5 Å². The minimum absolute atomic E-state index is 0.0202. The molecule has 0 saturated carbocycles. The number of nitrogens with zero attached hydrogens (tertiary/aromatic N) is 3. The first-order valence-corrected chi connectivity index (χ1v) is 12.4. The summed E-state index contributed by atoms with van der Waals surface area (Å²) >= 11 is 1.33. The van der Waals surface area contributed by atoms with Gasteiger partial charge in [0.1, 0.15) is 10.6 Å². The quantitative estimate of drug-likeness (QED) is 0.345. The smallest absolute Gasteiger partial charge is 0.297 e. The van der Waals surface area contributed by atoms with Gasteiger partial charge in [-0.05, 0) is 43.7 Å². The highest BCUT2D eigenvalue weighted by Crippen LogP contribution is 2.44. The molecule has 8 nitrogen and oxygen atoms in total. The SMILES string of the molecule is CCOc1ccc([C@H]2c3c(oc4ccccc4c3=O)C(=O)N2c2nnc(C(C)C)s2)cc1OCC. The Hall–Kier alpha value is -3.72. The lowest BCUT2D eigenvalue weighted by atomic mass is 9.98. The zero-order chi connectivity index (χ0) is 24.7. The second-order valence-corrected chi connectivity index (χ2v) is 9.39. The average molecular weight is 492 g/mol. The second kappa shape index (κ2) is 9.14. The van der Waals surface area contributed by atoms with Gasteiger partial charge in [0.25, 0.3) is 5.91 Å². The summed E-state index contributed by atoms with van der Waals surface area (Å²) in [7, 11) is 0. The van der Waals surface area contributed by atoms with Crippen LogP contribution in [0.25, 0.3) is 11.0 Å². The zero-order valence-electron chi connectivity index (χ0n) is 19.9. The van der Waals surface area contributed by atoms with Gasteiger partial charge in [0.05, 0.1) is 30.2 Å². The molecule has 35 heavy (non-hydrogen) atoms. The van der Waals surface area contributed by atoms with Crippen molar-refractivity contribution in [3.8, 4) is 11.5 Å². The molecule has 9 heteroatoms. The number of benzene rings is 2. The summed E-state index contributed by atoms with van der Waals surface area (Å²) < 4.78 is 17.5. The second-order valence-electron chi connectivity index (χ2n) is 8.40. The summed E-state index contributed by atoms with van der Waals surface area (Å²) in [5.41, 5.74) is 1.09. The van der Waals surface area contributed by atoms with Crippen LogP contribution in [0, 0.1) is 0 Å². The van der Waals surface area contributed by atoms with Crippen LogP contribution in [0.4, 0.5) is 5.13 Å². The molecule has 180 valence electrons. The number of aromatic nitrogens is 2. The topological polar surface area (TPSA) is 94.8 Å². The lowest BCUT2D eigenvalue weighted by Crippen LogP contribution is -2.29. The van der Waals surface area contributed by atoms with E-state index < -0.39 is 11.9 Å². The molecule has 0 spiro atoms. The lowest BCUT2D eigenvalue weighted by Gasteiger charge is -2.23. The molecule has 2 aromatic heterocycles. The fourth-order valence-corrected chi connectivity index (χ4v) is 5.10. The van der Waals surface area contributed by atoms with Gasteiger partial charge in [0, 0.05) is 5.92 Å². The first-order chi connectivity index (χ1) is 16.9. The monoisotopic (exact) mass is 491 g/mol. The van der Waals surface area contributed by atoms with E-state index in [0.717, 1.165) is 5.01 Å². The van der Waals surface area contributed by atoms with Gasteiger partial charge in [-0.1, -0.05) is 43.4 Å². The summed E-state index contributed by atoms with van der Waals surface area (Å²) in [6.07, 6.45) is 0. The molecule has 1 amide bonds. The summed E-state index contributed by atoms with van der Waals surface area (Å²) in [6.45, 7) is 8.73. The fourth-order valence-electron chi connectivity index (χ4n) is 4.23. The molecule has 5 rings (SSSR count). The van der Waals surface area contributed by atoms with Crippen molar-refractivity contribution in [2.75, 3.05) is 18.1 Å². The van der Waals surface area contributed by atoms with Gasteiger partial charge in [-0.3, -0.25) is 14.5 Å². The van der Waals surface area contributed by atoms with Gasteiger partial charge >= 0.3 is 0 Å². The number of hydrogen-bond donors (Lipinski definition) is 0. The van der Waals surface area contributed by atoms with E-state index in [4.69, 9.17) is 13.9 Å². The van der Waals surface area contributed by atoms with Crippen molar-refractivity contribution in [2.45, 2.75) is 39.7 Å². The van der Waals surface area contributed by atoms with Gasteiger partial charge < -0.3 is 13.9 Å². The number of carbonyl (C=O) groups is 1. The Bertz CT molecular complexity index is 1480. The summed E-state index contributed by atoms with van der Waals surface area (Å²) in [6, 6.07) is 11.6. The van der Waals surface area contributed by atoms with Crippen LogP contribution in [0.3, 0.4) is 0 Å². The Morgan fingerprint density at radius 2 is 1.77 bits per heavy atom. The predicted octanol–water partition coefficient (Wildman–Crippen LogP) is 5.32. The molecule has 3 heterocycles. The van der Waals surface area contributed by atoms with E-state index in [9.17, 15) is 9.59 Å². The number of rotatable bonds is 7. The van der Waals surface area contributed by atoms with Crippen LogP contribution < -0.4 is 19.8 Å². The maximum absolute atomic E-state index is 13.7. The molecule has 1 aliphatic rings. The zero-order valence-corrected chi connectivity index (χ0v) is 20.7. The lowest BCUT2D eigenvalue weighted by molar-refractivity contribution is 0.0970. The molecule has 0 saturated heterocycles. The van der Waals surface area contributed by atoms with E-state index in [2.05, 4.69) is 10.2 Å². The standard InChI is InChI=1S/C26H25N3O5S/c1-5-32-18-12-11-15(13-19(18)33-6-2)21-20-22(30)16-9-7-8-10-17(16)34-23(20)25(31)29(21)26-28-27-24(35-26)14(3)4/h7-14,21H,5-6H2,1-4H3/t21-/m0/s1. The largest absolute Gasteiger partial charge is 0.490 e. The van der Waals surface area contributed by atoms with Crippen LogP contribution in [0.1, 0.15) is 66.3 Å². The van der Waals surface area contributed by atoms with Crippen molar-refractivity contribution >= 4 is 33.3 Å². The Morgan fingerprint density at radius 1 is 1.03 bits per heavy atom. The molecule has 0 unspecified atom stereocenters. The normalized spacial score (nSPS) is 15.2. The Kier molecular flexibility index (Phi) is 6.02. The van der Waals surface area contributed by atoms with Gasteiger partial charge in [-0.15, -0.1) is 10.2 Å². The number of amides is 1. The Balaban J connectivity index is 1.75. The molecule has 0 N–H and O–H groups in total. The molecule has 0 radical (unpaired) electrons. The molecular formula is C26H25N3O5S. The van der Waals surface area contributed by atoms with Crippen molar-refractivity contribution in [2.24, 2.45) is 0 Å². The first-order valence-electron chi connectivity index (χ1n) is 11.6. The maximum Gasteiger partial charge on any atom is 0.297 e. The number of fused-ring (bicyclic) bond motifs is 2. The summed E-state index contributed by atoms with van der Waals surface area (Å²) in [5, 5.41) is 10.2. The van der Waals surface area contributed by atoms with Crippen molar-refractivity contribution in [3.05, 3.63) is 74.6 Å². The van der Waals surface area contributed by atoms with Gasteiger partial charge in [0.2, 0.25) is 10.9 Å². The number of hydrogen-bond acceptors (Lipinski definition) is 8. The van der Waals surface area contributed by atoms with Crippen molar-refractivity contribution in [1.29, 1.82) is 0 Å². The number of para-hydroxylation sites is 1. The fraction of sp³-hybridized carbons (Fsp3) is 0.308. The van der Waals surface area contributed by atoms with Crippen molar-refractivity contribution < 1.29 is 18.7 Å². The third-order valence-corrected chi connectivity index (χ3v) is 7.01. The minimum Gasteiger partial charge on any atom is -0.490 e.